The molecule has 0 bridgehead atoms. The van der Waals surface area contributed by atoms with Gasteiger partial charge in [-0.3, -0.25) is 4.79 Å². The van der Waals surface area contributed by atoms with E-state index in [2.05, 4.69) is 15.8 Å². The molecule has 0 spiro atoms. The molecular weight excluding hydrogens is 318 g/mol. The summed E-state index contributed by atoms with van der Waals surface area (Å²) in [6.07, 6.45) is 0. The van der Waals surface area contributed by atoms with Gasteiger partial charge < -0.3 is 20.3 Å². The van der Waals surface area contributed by atoms with Crippen molar-refractivity contribution < 1.29 is 14.4 Å². The van der Waals surface area contributed by atoms with Gasteiger partial charge in [0.25, 0.3) is 5.91 Å². The van der Waals surface area contributed by atoms with E-state index in [0.29, 0.717) is 11.6 Å². The fraction of sp³-hybridized carbons (Fsp3) is 0.158. The molecule has 1 heterocycles. The topological polar surface area (TPSA) is 87.4 Å². The Balaban J connectivity index is 1.85. The maximum absolute atomic E-state index is 12.8. The third-order valence-corrected chi connectivity index (χ3v) is 3.69. The van der Waals surface area contributed by atoms with Crippen molar-refractivity contribution in [1.29, 1.82) is 0 Å². The summed E-state index contributed by atoms with van der Waals surface area (Å²) < 4.78 is 4.99. The number of aromatic nitrogens is 1. The molecule has 3 N–H and O–H groups in total. The quantitative estimate of drug-likeness (QED) is 0.642. The molecule has 0 radical (unpaired) electrons. The Morgan fingerprint density at radius 3 is 2.64 bits per heavy atom. The number of aliphatic hydroxyl groups excluding tert-OH is 1. The highest BCUT2D eigenvalue weighted by molar-refractivity contribution is 5.96. The van der Waals surface area contributed by atoms with Gasteiger partial charge in [-0.2, -0.15) is 0 Å². The lowest BCUT2D eigenvalue weighted by molar-refractivity contribution is -0.117. The highest BCUT2D eigenvalue weighted by atomic mass is 16.5. The first-order valence-corrected chi connectivity index (χ1v) is 7.91. The van der Waals surface area contributed by atoms with Gasteiger partial charge in [-0.1, -0.05) is 47.6 Å². The monoisotopic (exact) mass is 337 g/mol. The van der Waals surface area contributed by atoms with Crippen LogP contribution in [0, 0.1) is 6.92 Å². The Morgan fingerprint density at radius 1 is 1.16 bits per heavy atom. The fourth-order valence-corrected chi connectivity index (χ4v) is 2.50. The smallest absolute Gasteiger partial charge is 0.252 e. The number of carbonyl (C=O) groups excluding carboxylic acids is 1. The molecule has 0 saturated carbocycles. The maximum atomic E-state index is 12.8. The largest absolute Gasteiger partial charge is 0.392 e. The fourth-order valence-electron chi connectivity index (χ4n) is 2.50. The Bertz CT molecular complexity index is 846. The summed E-state index contributed by atoms with van der Waals surface area (Å²) in [7, 11) is 0. The van der Waals surface area contributed by atoms with Gasteiger partial charge in [0, 0.05) is 11.8 Å². The molecule has 1 aromatic heterocycles. The van der Waals surface area contributed by atoms with Crippen LogP contribution < -0.4 is 10.6 Å². The van der Waals surface area contributed by atoms with E-state index in [0.717, 1.165) is 16.8 Å². The second kappa shape index (κ2) is 7.63. The van der Waals surface area contributed by atoms with Crippen LogP contribution in [-0.4, -0.2) is 16.2 Å². The van der Waals surface area contributed by atoms with Gasteiger partial charge in [0.15, 0.2) is 5.82 Å². The van der Waals surface area contributed by atoms with Crippen LogP contribution in [-0.2, 0) is 11.4 Å². The zero-order valence-electron chi connectivity index (χ0n) is 13.8. The molecule has 2 aromatic carbocycles. The van der Waals surface area contributed by atoms with Crippen LogP contribution in [0.2, 0.25) is 0 Å². The number of aryl methyl sites for hydroxylation is 1. The van der Waals surface area contributed by atoms with E-state index < -0.39 is 6.04 Å². The zero-order chi connectivity index (χ0) is 17.6. The Morgan fingerprint density at radius 2 is 1.96 bits per heavy atom. The van der Waals surface area contributed by atoms with Gasteiger partial charge in [0.05, 0.1) is 6.61 Å². The summed E-state index contributed by atoms with van der Waals surface area (Å²) in [5.74, 6) is 0.735. The molecule has 1 amide bonds. The Hall–Kier alpha value is -3.12. The number of benzene rings is 2. The molecule has 0 aliphatic rings. The number of anilines is 2. The van der Waals surface area contributed by atoms with Gasteiger partial charge in [-0.05, 0) is 30.2 Å². The Labute approximate surface area is 145 Å². The SMILES string of the molecule is Cc1cc(NC(=O)[C@@H](Nc2cccc(CO)c2)c2ccccc2)no1. The minimum atomic E-state index is -0.618. The van der Waals surface area contributed by atoms with Crippen molar-refractivity contribution in [2.45, 2.75) is 19.6 Å². The first-order valence-electron chi connectivity index (χ1n) is 7.91. The zero-order valence-corrected chi connectivity index (χ0v) is 13.8. The van der Waals surface area contributed by atoms with Crippen LogP contribution in [0.4, 0.5) is 11.5 Å². The molecule has 6 nitrogen and oxygen atoms in total. The van der Waals surface area contributed by atoms with Crippen molar-refractivity contribution in [3.05, 3.63) is 77.6 Å². The summed E-state index contributed by atoms with van der Waals surface area (Å²) in [5, 5.41) is 19.1. The van der Waals surface area contributed by atoms with Gasteiger partial charge in [0.1, 0.15) is 11.8 Å². The lowest BCUT2D eigenvalue weighted by atomic mass is 10.1. The number of carbonyl (C=O) groups is 1. The van der Waals surface area contributed by atoms with Gasteiger partial charge in [0.2, 0.25) is 0 Å². The molecule has 0 saturated heterocycles. The van der Waals surface area contributed by atoms with Gasteiger partial charge >= 0.3 is 0 Å². The lowest BCUT2D eigenvalue weighted by Gasteiger charge is -2.19. The van der Waals surface area contributed by atoms with Crippen LogP contribution in [0.3, 0.4) is 0 Å². The molecule has 0 aliphatic carbocycles. The van der Waals surface area contributed by atoms with E-state index >= 15 is 0 Å². The second-order valence-electron chi connectivity index (χ2n) is 5.66. The van der Waals surface area contributed by atoms with Crippen LogP contribution in [0.25, 0.3) is 0 Å². The predicted octanol–water partition coefficient (Wildman–Crippen LogP) is 3.27. The van der Waals surface area contributed by atoms with Crippen molar-refractivity contribution in [3.63, 3.8) is 0 Å². The number of amides is 1. The summed E-state index contributed by atoms with van der Waals surface area (Å²) in [5.41, 5.74) is 2.32. The molecule has 3 aromatic rings. The summed E-state index contributed by atoms with van der Waals surface area (Å²) in [6.45, 7) is 1.70. The number of hydrogen-bond acceptors (Lipinski definition) is 5. The molecule has 25 heavy (non-hydrogen) atoms. The van der Waals surface area contributed by atoms with Crippen molar-refractivity contribution >= 4 is 17.4 Å². The summed E-state index contributed by atoms with van der Waals surface area (Å²) in [4.78, 5) is 12.8. The van der Waals surface area contributed by atoms with Crippen LogP contribution >= 0.6 is 0 Å². The standard InChI is InChI=1S/C19H19N3O3/c1-13-10-17(22-25-13)21-19(24)18(15-7-3-2-4-8-15)20-16-9-5-6-14(11-16)12-23/h2-11,18,20,23H,12H2,1H3,(H,21,22,24)/t18-/m0/s1. The second-order valence-corrected chi connectivity index (χ2v) is 5.66. The number of hydrogen-bond donors (Lipinski definition) is 3. The van der Waals surface area contributed by atoms with Crippen molar-refractivity contribution in [1.82, 2.24) is 5.16 Å². The van der Waals surface area contributed by atoms with Crippen molar-refractivity contribution in [2.75, 3.05) is 10.6 Å². The first-order chi connectivity index (χ1) is 12.2. The molecule has 6 heteroatoms. The number of nitrogens with zero attached hydrogens (tertiary/aromatic N) is 1. The highest BCUT2D eigenvalue weighted by Crippen LogP contribution is 2.22. The first kappa shape index (κ1) is 16.7. The predicted molar refractivity (Wildman–Crippen MR) is 95.0 cm³/mol. The van der Waals surface area contributed by atoms with Crippen molar-refractivity contribution in [3.8, 4) is 0 Å². The normalized spacial score (nSPS) is 11.8. The van der Waals surface area contributed by atoms with Crippen LogP contribution in [0.5, 0.6) is 0 Å². The minimum absolute atomic E-state index is 0.0596. The summed E-state index contributed by atoms with van der Waals surface area (Å²) in [6, 6.07) is 17.7. The minimum Gasteiger partial charge on any atom is -0.392 e. The van der Waals surface area contributed by atoms with Crippen molar-refractivity contribution in [2.24, 2.45) is 0 Å². The third-order valence-electron chi connectivity index (χ3n) is 3.69. The molecule has 1 atom stereocenters. The average Bonchev–Trinajstić information content (AvgIpc) is 3.05. The van der Waals surface area contributed by atoms with E-state index in [1.165, 1.54) is 0 Å². The van der Waals surface area contributed by atoms with E-state index in [1.54, 1.807) is 13.0 Å². The van der Waals surface area contributed by atoms with E-state index in [9.17, 15) is 9.90 Å². The lowest BCUT2D eigenvalue weighted by Crippen LogP contribution is -2.27. The molecule has 0 aliphatic heterocycles. The average molecular weight is 337 g/mol. The number of rotatable bonds is 6. The van der Waals surface area contributed by atoms with E-state index in [-0.39, 0.29) is 12.5 Å². The maximum Gasteiger partial charge on any atom is 0.252 e. The third kappa shape index (κ3) is 4.24. The van der Waals surface area contributed by atoms with Gasteiger partial charge in [-0.25, -0.2) is 0 Å². The number of aliphatic hydroxyl groups is 1. The molecule has 3 rings (SSSR count). The van der Waals surface area contributed by atoms with E-state index in [1.807, 2.05) is 54.6 Å². The van der Waals surface area contributed by atoms with E-state index in [4.69, 9.17) is 4.52 Å². The molecule has 0 fully saturated rings. The number of nitrogens with one attached hydrogen (secondary N) is 2. The molecular formula is C19H19N3O3. The molecule has 0 unspecified atom stereocenters. The Kier molecular flexibility index (Phi) is 5.11. The summed E-state index contributed by atoms with van der Waals surface area (Å²) >= 11 is 0. The van der Waals surface area contributed by atoms with Gasteiger partial charge in [-0.15, -0.1) is 0 Å². The molecule has 128 valence electrons. The highest BCUT2D eigenvalue weighted by Gasteiger charge is 2.21. The van der Waals surface area contributed by atoms with Crippen LogP contribution in [0.15, 0.2) is 65.2 Å². The van der Waals surface area contributed by atoms with Crippen LogP contribution in [0.1, 0.15) is 22.9 Å².